The van der Waals surface area contributed by atoms with E-state index in [1.54, 1.807) is 4.68 Å². The molecule has 3 heterocycles. The summed E-state index contributed by atoms with van der Waals surface area (Å²) >= 11 is 0. The maximum absolute atomic E-state index is 12.9. The first-order chi connectivity index (χ1) is 14.2. The molecule has 7 heteroatoms. The van der Waals surface area contributed by atoms with Crippen molar-refractivity contribution in [1.82, 2.24) is 24.4 Å². The lowest BCUT2D eigenvalue weighted by Gasteiger charge is -2.08. The van der Waals surface area contributed by atoms with E-state index in [-0.39, 0.29) is 12.5 Å². The average Bonchev–Trinajstić information content (AvgIpc) is 3.30. The summed E-state index contributed by atoms with van der Waals surface area (Å²) in [5.74, 6) is 0.445. The molecule has 29 heavy (non-hydrogen) atoms. The Morgan fingerprint density at radius 1 is 1.03 bits per heavy atom. The number of hydrogen-bond donors (Lipinski definition) is 1. The van der Waals surface area contributed by atoms with Crippen LogP contribution < -0.4 is 5.32 Å². The number of carbonyl (C=O) groups excluding carboxylic acids is 1. The van der Waals surface area contributed by atoms with Crippen molar-refractivity contribution in [2.45, 2.75) is 13.5 Å². The molecular formula is C22H18N6O. The van der Waals surface area contributed by atoms with Crippen LogP contribution in [0.2, 0.25) is 0 Å². The van der Waals surface area contributed by atoms with Crippen molar-refractivity contribution < 1.29 is 4.79 Å². The molecule has 1 amide bonds. The molecule has 0 aliphatic heterocycles. The lowest BCUT2D eigenvalue weighted by molar-refractivity contribution is -0.116. The molecule has 142 valence electrons. The standard InChI is InChI=1S/C22H18N6O/c1-15-11-12-27-19(13-15)23-21(16-7-3-2-4-8-16)22(27)24-20(29)14-28-18-10-6-5-9-17(18)25-26-28/h2-13H,14H2,1H3,(H,24,29). The van der Waals surface area contributed by atoms with Gasteiger partial charge in [-0.3, -0.25) is 9.20 Å². The fraction of sp³-hybridized carbons (Fsp3) is 0.0909. The van der Waals surface area contributed by atoms with Gasteiger partial charge in [0.2, 0.25) is 5.91 Å². The lowest BCUT2D eigenvalue weighted by Crippen LogP contribution is -2.20. The van der Waals surface area contributed by atoms with Crippen LogP contribution in [0.3, 0.4) is 0 Å². The van der Waals surface area contributed by atoms with Crippen LogP contribution >= 0.6 is 0 Å². The van der Waals surface area contributed by atoms with Crippen LogP contribution in [0.15, 0.2) is 72.9 Å². The molecule has 0 aliphatic rings. The molecule has 1 N–H and O–H groups in total. The van der Waals surface area contributed by atoms with E-state index in [9.17, 15) is 4.79 Å². The fourth-order valence-corrected chi connectivity index (χ4v) is 3.41. The van der Waals surface area contributed by atoms with Gasteiger partial charge in [0.25, 0.3) is 0 Å². The number of aryl methyl sites for hydroxylation is 1. The van der Waals surface area contributed by atoms with Gasteiger partial charge in [-0.05, 0) is 36.8 Å². The van der Waals surface area contributed by atoms with Gasteiger partial charge in [-0.1, -0.05) is 47.7 Å². The highest BCUT2D eigenvalue weighted by Crippen LogP contribution is 2.29. The largest absolute Gasteiger partial charge is 0.308 e. The van der Waals surface area contributed by atoms with Crippen molar-refractivity contribution in [2.24, 2.45) is 0 Å². The van der Waals surface area contributed by atoms with Crippen molar-refractivity contribution >= 4 is 28.4 Å². The number of imidazole rings is 1. The van der Waals surface area contributed by atoms with E-state index in [0.29, 0.717) is 5.82 Å². The molecule has 0 atom stereocenters. The van der Waals surface area contributed by atoms with E-state index in [4.69, 9.17) is 4.98 Å². The number of para-hydroxylation sites is 1. The first-order valence-electron chi connectivity index (χ1n) is 9.31. The summed E-state index contributed by atoms with van der Waals surface area (Å²) in [5.41, 5.74) is 5.14. The number of rotatable bonds is 4. The van der Waals surface area contributed by atoms with Gasteiger partial charge in [0.1, 0.15) is 29.2 Å². The maximum Gasteiger partial charge on any atom is 0.247 e. The first kappa shape index (κ1) is 17.1. The highest BCUT2D eigenvalue weighted by atomic mass is 16.2. The smallest absolute Gasteiger partial charge is 0.247 e. The van der Waals surface area contributed by atoms with Crippen molar-refractivity contribution in [3.8, 4) is 11.3 Å². The molecule has 0 fully saturated rings. The molecule has 0 spiro atoms. The number of carbonyl (C=O) groups is 1. The first-order valence-corrected chi connectivity index (χ1v) is 9.31. The molecule has 0 saturated carbocycles. The highest BCUT2D eigenvalue weighted by molar-refractivity contribution is 5.95. The van der Waals surface area contributed by atoms with E-state index in [1.165, 1.54) is 0 Å². The zero-order valence-electron chi connectivity index (χ0n) is 15.8. The van der Waals surface area contributed by atoms with Crippen molar-refractivity contribution in [3.05, 3.63) is 78.5 Å². The Morgan fingerprint density at radius 3 is 2.69 bits per heavy atom. The fourth-order valence-electron chi connectivity index (χ4n) is 3.41. The molecule has 5 rings (SSSR count). The van der Waals surface area contributed by atoms with Gasteiger partial charge in [0.15, 0.2) is 0 Å². The molecule has 0 aliphatic carbocycles. The van der Waals surface area contributed by atoms with E-state index >= 15 is 0 Å². The van der Waals surface area contributed by atoms with E-state index in [2.05, 4.69) is 15.6 Å². The van der Waals surface area contributed by atoms with Crippen molar-refractivity contribution in [3.63, 3.8) is 0 Å². The Hall–Kier alpha value is -4.00. The second kappa shape index (κ2) is 6.87. The van der Waals surface area contributed by atoms with Crippen LogP contribution in [0.1, 0.15) is 5.56 Å². The van der Waals surface area contributed by atoms with Crippen molar-refractivity contribution in [1.29, 1.82) is 0 Å². The molecule has 0 saturated heterocycles. The number of pyridine rings is 1. The summed E-state index contributed by atoms with van der Waals surface area (Å²) in [6.45, 7) is 2.08. The van der Waals surface area contributed by atoms with Crippen LogP contribution in [-0.2, 0) is 11.3 Å². The monoisotopic (exact) mass is 382 g/mol. The summed E-state index contributed by atoms with van der Waals surface area (Å²) in [4.78, 5) is 17.6. The summed E-state index contributed by atoms with van der Waals surface area (Å²) in [5, 5.41) is 11.2. The molecule has 0 bridgehead atoms. The van der Waals surface area contributed by atoms with E-state index in [1.807, 2.05) is 84.3 Å². The van der Waals surface area contributed by atoms with Gasteiger partial charge >= 0.3 is 0 Å². The minimum atomic E-state index is -0.194. The zero-order valence-corrected chi connectivity index (χ0v) is 15.8. The predicted octanol–water partition coefficient (Wildman–Crippen LogP) is 3.69. The van der Waals surface area contributed by atoms with Gasteiger partial charge in [-0.2, -0.15) is 0 Å². The number of hydrogen-bond acceptors (Lipinski definition) is 4. The van der Waals surface area contributed by atoms with Crippen LogP contribution in [0.4, 0.5) is 5.82 Å². The number of benzene rings is 2. The van der Waals surface area contributed by atoms with Gasteiger partial charge in [0, 0.05) is 11.8 Å². The number of amides is 1. The lowest BCUT2D eigenvalue weighted by atomic mass is 10.1. The van der Waals surface area contributed by atoms with Crippen molar-refractivity contribution in [2.75, 3.05) is 5.32 Å². The van der Waals surface area contributed by atoms with Gasteiger partial charge in [-0.15, -0.1) is 5.10 Å². The quantitative estimate of drug-likeness (QED) is 0.514. The third-order valence-electron chi connectivity index (χ3n) is 4.80. The predicted molar refractivity (Wildman–Crippen MR) is 112 cm³/mol. The Balaban J connectivity index is 1.53. The summed E-state index contributed by atoms with van der Waals surface area (Å²) in [6, 6.07) is 21.4. The molecule has 2 aromatic carbocycles. The van der Waals surface area contributed by atoms with Gasteiger partial charge in [0.05, 0.1) is 5.52 Å². The Kier molecular flexibility index (Phi) is 4.05. The van der Waals surface area contributed by atoms with Crippen LogP contribution in [0.25, 0.3) is 27.9 Å². The third-order valence-corrected chi connectivity index (χ3v) is 4.80. The van der Waals surface area contributed by atoms with Crippen LogP contribution in [0, 0.1) is 6.92 Å². The second-order valence-electron chi connectivity index (χ2n) is 6.89. The number of nitrogens with zero attached hydrogens (tertiary/aromatic N) is 5. The average molecular weight is 382 g/mol. The Labute approximate surface area is 166 Å². The van der Waals surface area contributed by atoms with Crippen LogP contribution in [-0.4, -0.2) is 30.3 Å². The Morgan fingerprint density at radius 2 is 1.83 bits per heavy atom. The normalized spacial score (nSPS) is 11.2. The molecule has 7 nitrogen and oxygen atoms in total. The molecular weight excluding hydrogens is 364 g/mol. The van der Waals surface area contributed by atoms with Crippen LogP contribution in [0.5, 0.6) is 0 Å². The summed E-state index contributed by atoms with van der Waals surface area (Å²) < 4.78 is 3.49. The number of fused-ring (bicyclic) bond motifs is 2. The number of aromatic nitrogens is 5. The number of nitrogens with one attached hydrogen (secondary N) is 1. The van der Waals surface area contributed by atoms with E-state index in [0.717, 1.165) is 33.5 Å². The Bertz CT molecular complexity index is 1340. The second-order valence-corrected chi connectivity index (χ2v) is 6.89. The molecule has 3 aromatic heterocycles. The minimum absolute atomic E-state index is 0.0633. The van der Waals surface area contributed by atoms with E-state index < -0.39 is 0 Å². The molecule has 0 unspecified atom stereocenters. The third kappa shape index (κ3) is 3.12. The van der Waals surface area contributed by atoms with Gasteiger partial charge < -0.3 is 5.32 Å². The number of anilines is 1. The van der Waals surface area contributed by atoms with Gasteiger partial charge in [-0.25, -0.2) is 9.67 Å². The maximum atomic E-state index is 12.9. The molecule has 5 aromatic rings. The zero-order chi connectivity index (χ0) is 19.8. The summed E-state index contributed by atoms with van der Waals surface area (Å²) in [6.07, 6.45) is 1.92. The topological polar surface area (TPSA) is 77.1 Å². The minimum Gasteiger partial charge on any atom is -0.308 e. The highest BCUT2D eigenvalue weighted by Gasteiger charge is 2.17. The SMILES string of the molecule is Cc1ccn2c(NC(=O)Cn3nnc4ccccc43)c(-c3ccccc3)nc2c1. The molecule has 0 radical (unpaired) electrons. The summed E-state index contributed by atoms with van der Waals surface area (Å²) in [7, 11) is 0.